The van der Waals surface area contributed by atoms with Gasteiger partial charge in [0.25, 0.3) is 5.79 Å². The molecule has 4 amide bonds. The molecule has 117 heavy (non-hydrogen) atoms. The minimum atomic E-state index is -3.28. The monoisotopic (exact) mass is 1710 g/mol. The summed E-state index contributed by atoms with van der Waals surface area (Å²) in [6.45, 7) is -3.93. The van der Waals surface area contributed by atoms with E-state index in [0.717, 1.165) is 27.7 Å². The lowest BCUT2D eigenvalue weighted by molar-refractivity contribution is -0.393. The fourth-order valence-corrected chi connectivity index (χ4v) is 15.0. The third-order valence-electron chi connectivity index (χ3n) is 21.3. The Hall–Kier alpha value is -4.33. The molecule has 52 heteroatoms. The second-order valence-corrected chi connectivity index (χ2v) is 29.6. The van der Waals surface area contributed by atoms with Crippen molar-refractivity contribution in [2.45, 2.75) is 323 Å². The highest BCUT2D eigenvalue weighted by atomic mass is 16.8. The van der Waals surface area contributed by atoms with Crippen LogP contribution in [0.15, 0.2) is 0 Å². The van der Waals surface area contributed by atoms with Gasteiger partial charge in [-0.2, -0.15) is 0 Å². The highest BCUT2D eigenvalue weighted by Gasteiger charge is 2.63. The molecule has 30 N–H and O–H groups in total. The molecule has 52 nitrogen and oxygen atoms in total. The van der Waals surface area contributed by atoms with Gasteiger partial charge in [0, 0.05) is 34.1 Å². The van der Waals surface area contributed by atoms with Gasteiger partial charge in [0.15, 0.2) is 50.3 Å². The van der Waals surface area contributed by atoms with E-state index in [1.54, 1.807) is 0 Å². The van der Waals surface area contributed by atoms with Gasteiger partial charge in [-0.1, -0.05) is 0 Å². The molecule has 0 spiro atoms. The van der Waals surface area contributed by atoms with E-state index in [2.05, 4.69) is 21.3 Å². The van der Waals surface area contributed by atoms with Crippen molar-refractivity contribution in [2.75, 3.05) is 52.9 Å². The van der Waals surface area contributed by atoms with Crippen LogP contribution in [0, 0.1) is 0 Å². The maximum absolute atomic E-state index is 13.2. The number of carbonyl (C=O) groups is 5. The number of aliphatic carboxylic acids is 1. The largest absolute Gasteiger partial charge is 0.477 e. The number of carboxylic acid groups (broad SMARTS) is 1. The molecule has 0 aliphatic carbocycles. The van der Waals surface area contributed by atoms with E-state index in [9.17, 15) is 157 Å². The lowest BCUT2D eigenvalue weighted by Gasteiger charge is -2.51. The molecule has 46 atom stereocenters. The Morgan fingerprint density at radius 1 is 0.368 bits per heavy atom. The number of carbonyl (C=O) groups excluding carboxylic acids is 4. The number of hydrogen-bond donors (Lipinski definition) is 30. The van der Waals surface area contributed by atoms with Crippen LogP contribution < -0.4 is 21.3 Å². The van der Waals surface area contributed by atoms with Crippen LogP contribution in [0.25, 0.3) is 0 Å². The summed E-state index contributed by atoms with van der Waals surface area (Å²) in [7, 11) is 0. The maximum atomic E-state index is 13.2. The first-order chi connectivity index (χ1) is 55.1. The average molecular weight is 1710 g/mol. The van der Waals surface area contributed by atoms with E-state index in [-0.39, 0.29) is 0 Å². The molecule has 0 aromatic carbocycles. The molecule has 0 saturated carbocycles. The maximum Gasteiger partial charge on any atom is 0.364 e. The highest BCUT2D eigenvalue weighted by Crippen LogP contribution is 2.42. The van der Waals surface area contributed by atoms with Crippen LogP contribution in [0.1, 0.15) is 41.0 Å². The Bertz CT molecular complexity index is 3190. The Labute approximate surface area is 662 Å². The number of ether oxygens (including phenoxy) is 17. The van der Waals surface area contributed by atoms with Gasteiger partial charge in [-0.05, 0) is 6.92 Å². The van der Waals surface area contributed by atoms with E-state index in [1.807, 2.05) is 0 Å². The SMILES string of the molecule is CC(=O)N[C@H]1[C@H]([C@H](O)[C@H](O)CO)OC(O[C@H]2[C@@H](O)[C@@H](CO)OC(O[C@H]3[C@H](O)[C@@H](NC(C)=O)C(O[C@@H]4C(OC[C@H]5OC(O[C@H]6[C@H](O)[C@@H](NC(C)=O)C(O[C@H]7[C@H](O)[C@@H](NC(C)=O)C(O)O[C@@H]7COC7O[C@@H](C)[C@@H](O)[C@@H](O)[C@@H]7O)O[C@@H]6CO)[C@@H](O)[C@@H](OC6O[C@H](CO)[C@@H](O)[C@H](O)[C@@H]6O)[C@@H]5O)O[C@H](CO)[C@@H](O)[C@@H]4O)O[C@@H]3CO)[C@@H]2O)(C(=O)O)C[C@@H]1O. The van der Waals surface area contributed by atoms with Crippen LogP contribution in [-0.4, -0.2) is 497 Å². The molecule has 0 aromatic rings. The van der Waals surface area contributed by atoms with E-state index >= 15 is 0 Å². The molecule has 0 bridgehead atoms. The smallest absolute Gasteiger partial charge is 0.364 e. The molecule has 676 valence electrons. The van der Waals surface area contributed by atoms with Gasteiger partial charge in [-0.3, -0.25) is 19.2 Å². The van der Waals surface area contributed by atoms with Gasteiger partial charge in [0.2, 0.25) is 23.6 Å². The quantitative estimate of drug-likeness (QED) is 0.0306. The second kappa shape index (κ2) is 41.4. The first kappa shape index (κ1) is 96.5. The normalized spacial score (nSPS) is 47.9. The van der Waals surface area contributed by atoms with E-state index in [4.69, 9.17) is 80.5 Å². The molecule has 9 aliphatic heterocycles. The summed E-state index contributed by atoms with van der Waals surface area (Å²) in [4.78, 5) is 63.9. The first-order valence-corrected chi connectivity index (χ1v) is 37.1. The van der Waals surface area contributed by atoms with Crippen LogP contribution in [0.4, 0.5) is 0 Å². The second-order valence-electron chi connectivity index (χ2n) is 29.6. The summed E-state index contributed by atoms with van der Waals surface area (Å²) in [5.74, 6) is -9.08. The van der Waals surface area contributed by atoms with Gasteiger partial charge in [-0.25, -0.2) is 4.79 Å². The molecular weight excluding hydrogens is 1600 g/mol. The Balaban J connectivity index is 0.977. The average Bonchev–Trinajstić information content (AvgIpc) is 0.758. The highest BCUT2D eigenvalue weighted by molar-refractivity contribution is 5.77. The van der Waals surface area contributed by atoms with Crippen LogP contribution in [0.2, 0.25) is 0 Å². The molecule has 9 rings (SSSR count). The molecule has 9 fully saturated rings. The number of nitrogens with one attached hydrogen (secondary N) is 4. The summed E-state index contributed by atoms with van der Waals surface area (Å²) >= 11 is 0. The molecule has 9 unspecified atom stereocenters. The molecule has 0 radical (unpaired) electrons. The standard InChI is InChI=1S/C65H108N4O48/c1-15-33(82)42(91)45(94)59(103-15)101-14-28-51(39(88)30(56(98)104-28)67-17(3)77)111-57-31(68-18(4)78)40(89)49(25(11-74)108-57)112-61-47(96)53(114-60-46(95)43(92)35(84)22(8-71)105-60)38(87)27(110-61)13-102-63-55(44(93)36(85)23(9-72)107-63)115-58-32(69-19(5)79)41(90)50(26(12-75)109-58)113-62-48(97)54(37(86)24(10-73)106-62)117-65(64(99)100)6-20(80)29(66-16(2)76)52(116-65)34(83)21(81)7-70/h15,20-63,70-75,80-98H,6-14H2,1-5H3,(H,66,76)(H,67,77)(H,68,78)(H,69,79)(H,99,100)/t15-,20-,21+,22+,23+,24+,25+,26+,27+,28+,29+,30+,31+,32+,33+,34+,35+,36+,37-,38+,39+,40+,41+,42+,43-,44-,45-,46-,47-,48+,49+,50+,51+,52+,53-,54-,55-,56?,57?,58?,59?,60?,61?,62?,63?,65?/m0/s1. The summed E-state index contributed by atoms with van der Waals surface area (Å²) in [6.07, 6.45) is -87.2. The number of carboxylic acids is 1. The van der Waals surface area contributed by atoms with Crippen molar-refractivity contribution in [2.24, 2.45) is 0 Å². The number of aliphatic hydroxyl groups is 25. The summed E-state index contributed by atoms with van der Waals surface area (Å²) in [5, 5.41) is 298. The minimum Gasteiger partial charge on any atom is -0.477 e. The predicted molar refractivity (Wildman–Crippen MR) is 359 cm³/mol. The van der Waals surface area contributed by atoms with Gasteiger partial charge < -0.3 is 235 Å². The zero-order valence-electron chi connectivity index (χ0n) is 63.0. The summed E-state index contributed by atoms with van der Waals surface area (Å²) < 4.78 is 99.8. The van der Waals surface area contributed by atoms with Crippen LogP contribution >= 0.6 is 0 Å². The molecule has 9 saturated heterocycles. The van der Waals surface area contributed by atoms with E-state index in [0.29, 0.717) is 0 Å². The van der Waals surface area contributed by atoms with Crippen molar-refractivity contribution >= 4 is 29.6 Å². The van der Waals surface area contributed by atoms with Crippen molar-refractivity contribution in [1.82, 2.24) is 21.3 Å². The zero-order chi connectivity index (χ0) is 86.6. The summed E-state index contributed by atoms with van der Waals surface area (Å²) in [6, 6.07) is -7.45. The fourth-order valence-electron chi connectivity index (χ4n) is 15.0. The molecule has 0 aromatic heterocycles. The number of hydrogen-bond acceptors (Lipinski definition) is 47. The van der Waals surface area contributed by atoms with Crippen molar-refractivity contribution in [3.63, 3.8) is 0 Å². The Kier molecular flexibility index (Phi) is 34.2. The van der Waals surface area contributed by atoms with Gasteiger partial charge >= 0.3 is 5.97 Å². The lowest BCUT2D eigenvalue weighted by atomic mass is 9.88. The van der Waals surface area contributed by atoms with Gasteiger partial charge in [0.05, 0.1) is 71.1 Å². The molecule has 9 heterocycles. The van der Waals surface area contributed by atoms with Crippen LogP contribution in [-0.2, 0) is 104 Å². The van der Waals surface area contributed by atoms with Crippen LogP contribution in [0.3, 0.4) is 0 Å². The Morgan fingerprint density at radius 2 is 0.744 bits per heavy atom. The molecule has 9 aliphatic rings. The zero-order valence-corrected chi connectivity index (χ0v) is 63.0. The fraction of sp³-hybridized carbons (Fsp3) is 0.923. The predicted octanol–water partition coefficient (Wildman–Crippen LogP) is -19.8. The van der Waals surface area contributed by atoms with E-state index in [1.165, 1.54) is 6.92 Å². The number of aliphatic hydroxyl groups excluding tert-OH is 25. The van der Waals surface area contributed by atoms with Gasteiger partial charge in [0.1, 0.15) is 207 Å². The van der Waals surface area contributed by atoms with E-state index < -0.39 is 371 Å². The lowest BCUT2D eigenvalue weighted by Crippen LogP contribution is -2.71. The third kappa shape index (κ3) is 21.4. The molecular formula is C65H108N4O48. The van der Waals surface area contributed by atoms with Gasteiger partial charge in [-0.15, -0.1) is 0 Å². The number of amides is 4. The van der Waals surface area contributed by atoms with Crippen molar-refractivity contribution in [1.29, 1.82) is 0 Å². The summed E-state index contributed by atoms with van der Waals surface area (Å²) in [5.41, 5.74) is 0. The van der Waals surface area contributed by atoms with Crippen molar-refractivity contribution in [3.05, 3.63) is 0 Å². The first-order valence-electron chi connectivity index (χ1n) is 37.1. The Morgan fingerprint density at radius 3 is 1.25 bits per heavy atom. The number of rotatable bonds is 31. The van der Waals surface area contributed by atoms with Crippen LogP contribution in [0.5, 0.6) is 0 Å². The van der Waals surface area contributed by atoms with Crippen molar-refractivity contribution < 1.29 is 237 Å². The topological polar surface area (TPSA) is 816 Å². The third-order valence-corrected chi connectivity index (χ3v) is 21.3. The minimum absolute atomic E-state index is 0.824. The van der Waals surface area contributed by atoms with Crippen molar-refractivity contribution in [3.8, 4) is 0 Å².